The SMILES string of the molecule is CCCNC1CCCC1c1nc(-c2ccc(Br)cn2)no1. The number of rotatable bonds is 5. The first-order chi connectivity index (χ1) is 10.3. The normalized spacial score (nSPS) is 21.8. The first-order valence-electron chi connectivity index (χ1n) is 7.47. The highest BCUT2D eigenvalue weighted by Gasteiger charge is 2.32. The predicted octanol–water partition coefficient (Wildman–Crippen LogP) is 3.53. The quantitative estimate of drug-likeness (QED) is 0.893. The molecule has 1 aliphatic carbocycles. The molecule has 0 aromatic carbocycles. The van der Waals surface area contributed by atoms with E-state index in [0.717, 1.165) is 35.4 Å². The fraction of sp³-hybridized carbons (Fsp3) is 0.533. The number of nitrogens with one attached hydrogen (secondary N) is 1. The molecule has 2 aromatic heterocycles. The molecule has 2 unspecified atom stereocenters. The molecule has 0 bridgehead atoms. The average molecular weight is 351 g/mol. The number of nitrogens with zero attached hydrogens (tertiary/aromatic N) is 3. The molecule has 2 aromatic rings. The summed E-state index contributed by atoms with van der Waals surface area (Å²) in [4.78, 5) is 8.86. The molecule has 0 aliphatic heterocycles. The van der Waals surface area contributed by atoms with Crippen LogP contribution in [-0.4, -0.2) is 27.7 Å². The van der Waals surface area contributed by atoms with Crippen molar-refractivity contribution in [1.29, 1.82) is 0 Å². The van der Waals surface area contributed by atoms with Gasteiger partial charge in [0.15, 0.2) is 0 Å². The van der Waals surface area contributed by atoms with Crippen molar-refractivity contribution >= 4 is 15.9 Å². The summed E-state index contributed by atoms with van der Waals surface area (Å²) >= 11 is 3.37. The molecule has 0 radical (unpaired) electrons. The van der Waals surface area contributed by atoms with Crippen LogP contribution >= 0.6 is 15.9 Å². The van der Waals surface area contributed by atoms with E-state index in [-0.39, 0.29) is 0 Å². The Bertz CT molecular complexity index is 584. The van der Waals surface area contributed by atoms with E-state index in [9.17, 15) is 0 Å². The second kappa shape index (κ2) is 6.66. The van der Waals surface area contributed by atoms with Gasteiger partial charge in [-0.25, -0.2) is 0 Å². The highest BCUT2D eigenvalue weighted by Crippen LogP contribution is 2.34. The Morgan fingerprint density at radius 3 is 3.05 bits per heavy atom. The van der Waals surface area contributed by atoms with Crippen LogP contribution < -0.4 is 5.32 Å². The van der Waals surface area contributed by atoms with Gasteiger partial charge in [-0.15, -0.1) is 0 Å². The number of pyridine rings is 1. The number of hydrogen-bond donors (Lipinski definition) is 1. The molecule has 0 saturated heterocycles. The van der Waals surface area contributed by atoms with E-state index in [1.165, 1.54) is 12.8 Å². The van der Waals surface area contributed by atoms with Gasteiger partial charge < -0.3 is 9.84 Å². The largest absolute Gasteiger partial charge is 0.339 e. The molecular formula is C15H19BrN4O. The van der Waals surface area contributed by atoms with Crippen LogP contribution in [-0.2, 0) is 0 Å². The van der Waals surface area contributed by atoms with Gasteiger partial charge in [0, 0.05) is 16.7 Å². The monoisotopic (exact) mass is 350 g/mol. The minimum absolute atomic E-state index is 0.327. The molecule has 1 fully saturated rings. The van der Waals surface area contributed by atoms with E-state index in [1.54, 1.807) is 6.20 Å². The highest BCUT2D eigenvalue weighted by atomic mass is 79.9. The molecular weight excluding hydrogens is 332 g/mol. The van der Waals surface area contributed by atoms with Gasteiger partial charge >= 0.3 is 0 Å². The fourth-order valence-electron chi connectivity index (χ4n) is 2.83. The van der Waals surface area contributed by atoms with Gasteiger partial charge in [-0.05, 0) is 53.9 Å². The summed E-state index contributed by atoms with van der Waals surface area (Å²) < 4.78 is 6.43. The Kier molecular flexibility index (Phi) is 4.65. The Labute approximate surface area is 132 Å². The van der Waals surface area contributed by atoms with Crippen LogP contribution in [0.25, 0.3) is 11.5 Å². The number of halogens is 1. The van der Waals surface area contributed by atoms with Gasteiger partial charge in [-0.2, -0.15) is 4.98 Å². The van der Waals surface area contributed by atoms with Gasteiger partial charge in [-0.1, -0.05) is 18.5 Å². The third kappa shape index (κ3) is 3.32. The Balaban J connectivity index is 1.76. The van der Waals surface area contributed by atoms with Crippen molar-refractivity contribution < 1.29 is 4.52 Å². The van der Waals surface area contributed by atoms with Crippen LogP contribution in [0.15, 0.2) is 27.3 Å². The lowest BCUT2D eigenvalue weighted by molar-refractivity contribution is 0.330. The Hall–Kier alpha value is -1.27. The van der Waals surface area contributed by atoms with Crippen molar-refractivity contribution in [3.8, 4) is 11.5 Å². The van der Waals surface area contributed by atoms with Crippen molar-refractivity contribution in [2.24, 2.45) is 0 Å². The lowest BCUT2D eigenvalue weighted by Crippen LogP contribution is -2.31. The van der Waals surface area contributed by atoms with Crippen LogP contribution in [0.5, 0.6) is 0 Å². The molecule has 1 N–H and O–H groups in total. The molecule has 1 aliphatic rings. The van der Waals surface area contributed by atoms with E-state index in [4.69, 9.17) is 4.52 Å². The predicted molar refractivity (Wildman–Crippen MR) is 83.9 cm³/mol. The van der Waals surface area contributed by atoms with Crippen molar-refractivity contribution in [2.45, 2.75) is 44.6 Å². The summed E-state index contributed by atoms with van der Waals surface area (Å²) in [6.07, 6.45) is 6.38. The summed E-state index contributed by atoms with van der Waals surface area (Å²) in [5.74, 6) is 1.63. The summed E-state index contributed by atoms with van der Waals surface area (Å²) in [7, 11) is 0. The van der Waals surface area contributed by atoms with Crippen molar-refractivity contribution in [1.82, 2.24) is 20.4 Å². The summed E-state index contributed by atoms with van der Waals surface area (Å²) in [6, 6.07) is 4.27. The van der Waals surface area contributed by atoms with Gasteiger partial charge in [-0.3, -0.25) is 4.98 Å². The van der Waals surface area contributed by atoms with E-state index < -0.39 is 0 Å². The Morgan fingerprint density at radius 1 is 1.38 bits per heavy atom. The number of aromatic nitrogens is 3. The van der Waals surface area contributed by atoms with E-state index >= 15 is 0 Å². The van der Waals surface area contributed by atoms with Crippen LogP contribution in [0.4, 0.5) is 0 Å². The van der Waals surface area contributed by atoms with Crippen LogP contribution in [0.3, 0.4) is 0 Å². The summed E-state index contributed by atoms with van der Waals surface area (Å²) in [5, 5.41) is 7.67. The van der Waals surface area contributed by atoms with Crippen molar-refractivity contribution in [2.75, 3.05) is 6.54 Å². The maximum absolute atomic E-state index is 5.49. The second-order valence-corrected chi connectivity index (χ2v) is 6.33. The first-order valence-corrected chi connectivity index (χ1v) is 8.26. The molecule has 0 spiro atoms. The molecule has 112 valence electrons. The zero-order valence-electron chi connectivity index (χ0n) is 12.1. The molecule has 5 nitrogen and oxygen atoms in total. The number of hydrogen-bond acceptors (Lipinski definition) is 5. The third-order valence-electron chi connectivity index (χ3n) is 3.89. The molecule has 21 heavy (non-hydrogen) atoms. The van der Waals surface area contributed by atoms with Crippen LogP contribution in [0, 0.1) is 0 Å². The van der Waals surface area contributed by atoms with Crippen molar-refractivity contribution in [3.63, 3.8) is 0 Å². The molecule has 2 heterocycles. The molecule has 0 amide bonds. The fourth-order valence-corrected chi connectivity index (χ4v) is 3.06. The van der Waals surface area contributed by atoms with E-state index in [0.29, 0.717) is 17.8 Å². The summed E-state index contributed by atoms with van der Waals surface area (Å²) in [5.41, 5.74) is 0.740. The highest BCUT2D eigenvalue weighted by molar-refractivity contribution is 9.10. The maximum Gasteiger partial charge on any atom is 0.231 e. The van der Waals surface area contributed by atoms with Gasteiger partial charge in [0.2, 0.25) is 11.7 Å². The first kappa shape index (κ1) is 14.7. The molecule has 1 saturated carbocycles. The average Bonchev–Trinajstić information content (AvgIpc) is 3.14. The minimum atomic E-state index is 0.327. The van der Waals surface area contributed by atoms with Crippen LogP contribution in [0.2, 0.25) is 0 Å². The van der Waals surface area contributed by atoms with E-state index in [2.05, 4.69) is 43.3 Å². The Morgan fingerprint density at radius 2 is 2.29 bits per heavy atom. The lowest BCUT2D eigenvalue weighted by Gasteiger charge is -2.17. The summed E-state index contributed by atoms with van der Waals surface area (Å²) in [6.45, 7) is 3.22. The zero-order valence-corrected chi connectivity index (χ0v) is 13.6. The molecule has 2 atom stereocenters. The minimum Gasteiger partial charge on any atom is -0.339 e. The van der Waals surface area contributed by atoms with E-state index in [1.807, 2.05) is 12.1 Å². The molecule has 6 heteroatoms. The smallest absolute Gasteiger partial charge is 0.231 e. The topological polar surface area (TPSA) is 63.8 Å². The lowest BCUT2D eigenvalue weighted by atomic mass is 10.0. The van der Waals surface area contributed by atoms with Gasteiger partial charge in [0.25, 0.3) is 0 Å². The maximum atomic E-state index is 5.49. The second-order valence-electron chi connectivity index (χ2n) is 5.42. The van der Waals surface area contributed by atoms with Crippen molar-refractivity contribution in [3.05, 3.63) is 28.7 Å². The van der Waals surface area contributed by atoms with Gasteiger partial charge in [0.1, 0.15) is 5.69 Å². The standard InChI is InChI=1S/C15H19BrN4O/c1-2-8-17-12-5-3-4-11(12)15-19-14(20-21-15)13-7-6-10(16)9-18-13/h6-7,9,11-12,17H,2-5,8H2,1H3. The zero-order chi connectivity index (χ0) is 14.7. The third-order valence-corrected chi connectivity index (χ3v) is 4.36. The molecule has 3 rings (SSSR count). The van der Waals surface area contributed by atoms with Crippen LogP contribution in [0.1, 0.15) is 44.4 Å². The van der Waals surface area contributed by atoms with Gasteiger partial charge in [0.05, 0.1) is 5.92 Å².